The highest BCUT2D eigenvalue weighted by molar-refractivity contribution is 5.62. The fraction of sp³-hybridized carbons (Fsp3) is 0.400. The molecule has 0 spiro atoms. The van der Waals surface area contributed by atoms with Crippen LogP contribution in [0.4, 0.5) is 5.69 Å². The molecule has 0 bridgehead atoms. The maximum Gasteiger partial charge on any atom is 0.126 e. The number of hydrogen-bond donors (Lipinski definition) is 1. The summed E-state index contributed by atoms with van der Waals surface area (Å²) in [4.78, 5) is 6.80. The van der Waals surface area contributed by atoms with Crippen LogP contribution in [0.5, 0.6) is 0 Å². The van der Waals surface area contributed by atoms with Gasteiger partial charge in [-0.25, -0.2) is 4.98 Å². The van der Waals surface area contributed by atoms with E-state index >= 15 is 0 Å². The summed E-state index contributed by atoms with van der Waals surface area (Å²) >= 11 is 0. The average Bonchev–Trinajstić information content (AvgIpc) is 2.84. The Morgan fingerprint density at radius 1 is 1.26 bits per heavy atom. The first-order valence-electron chi connectivity index (χ1n) is 6.75. The molecule has 2 aromatic rings. The number of nitrogens with zero attached hydrogens (tertiary/aromatic N) is 3. The van der Waals surface area contributed by atoms with Gasteiger partial charge in [0.2, 0.25) is 0 Å². The van der Waals surface area contributed by atoms with Crippen molar-refractivity contribution < 1.29 is 0 Å². The topological polar surface area (TPSA) is 47.1 Å². The first-order chi connectivity index (χ1) is 9.15. The zero-order valence-corrected chi connectivity index (χ0v) is 11.5. The minimum absolute atomic E-state index is 0.0866. The van der Waals surface area contributed by atoms with Crippen molar-refractivity contribution in [2.24, 2.45) is 5.73 Å². The van der Waals surface area contributed by atoms with E-state index in [4.69, 9.17) is 10.7 Å². The second-order valence-electron chi connectivity index (χ2n) is 5.37. The molecule has 0 radical (unpaired) electrons. The summed E-state index contributed by atoms with van der Waals surface area (Å²) in [7, 11) is 4.09. The van der Waals surface area contributed by atoms with E-state index in [0.29, 0.717) is 0 Å². The molecule has 0 aliphatic carbocycles. The van der Waals surface area contributed by atoms with Gasteiger partial charge in [-0.15, -0.1) is 0 Å². The Morgan fingerprint density at radius 2 is 2.00 bits per heavy atom. The molecule has 4 heteroatoms. The van der Waals surface area contributed by atoms with Crippen LogP contribution in [-0.4, -0.2) is 23.6 Å². The van der Waals surface area contributed by atoms with Crippen molar-refractivity contribution in [3.05, 3.63) is 36.3 Å². The molecule has 1 unspecified atom stereocenters. The van der Waals surface area contributed by atoms with Crippen LogP contribution in [-0.2, 0) is 6.54 Å². The summed E-state index contributed by atoms with van der Waals surface area (Å²) in [5, 5.41) is 0. The number of fused-ring (bicyclic) bond motifs is 1. The molecule has 100 valence electrons. The first kappa shape index (κ1) is 12.2. The Morgan fingerprint density at radius 3 is 2.63 bits per heavy atom. The van der Waals surface area contributed by atoms with Gasteiger partial charge in [0, 0.05) is 38.1 Å². The highest BCUT2D eigenvalue weighted by atomic mass is 15.1. The van der Waals surface area contributed by atoms with Gasteiger partial charge < -0.3 is 15.2 Å². The molecular weight excluding hydrogens is 236 g/mol. The van der Waals surface area contributed by atoms with Crippen LogP contribution >= 0.6 is 0 Å². The quantitative estimate of drug-likeness (QED) is 0.897. The van der Waals surface area contributed by atoms with Crippen LogP contribution in [0.15, 0.2) is 30.5 Å². The zero-order valence-electron chi connectivity index (χ0n) is 11.5. The molecule has 1 aromatic carbocycles. The Labute approximate surface area is 113 Å². The number of aryl methyl sites for hydroxylation is 1. The van der Waals surface area contributed by atoms with Gasteiger partial charge in [0.25, 0.3) is 0 Å². The van der Waals surface area contributed by atoms with Gasteiger partial charge in [-0.2, -0.15) is 0 Å². The van der Waals surface area contributed by atoms with E-state index in [1.807, 2.05) is 14.1 Å². The fourth-order valence-corrected chi connectivity index (χ4v) is 2.59. The molecule has 4 nitrogen and oxygen atoms in total. The van der Waals surface area contributed by atoms with Gasteiger partial charge in [0.1, 0.15) is 5.82 Å². The second-order valence-corrected chi connectivity index (χ2v) is 5.37. The number of aromatic nitrogens is 2. The van der Waals surface area contributed by atoms with Crippen LogP contribution < -0.4 is 10.6 Å². The molecule has 0 amide bonds. The Balaban J connectivity index is 1.94. The third kappa shape index (κ3) is 2.24. The largest absolute Gasteiger partial charge is 0.378 e. The lowest BCUT2D eigenvalue weighted by atomic mass is 10.1. The van der Waals surface area contributed by atoms with Gasteiger partial charge in [-0.05, 0) is 25.0 Å². The molecule has 0 saturated heterocycles. The Hall–Kier alpha value is -1.81. The van der Waals surface area contributed by atoms with E-state index in [2.05, 4.69) is 39.9 Å². The van der Waals surface area contributed by atoms with Crippen molar-refractivity contribution >= 4 is 5.69 Å². The predicted molar refractivity (Wildman–Crippen MR) is 78.2 cm³/mol. The number of imidazole rings is 1. The van der Waals surface area contributed by atoms with Crippen molar-refractivity contribution in [1.82, 2.24) is 9.55 Å². The summed E-state index contributed by atoms with van der Waals surface area (Å²) in [6.45, 7) is 1.03. The lowest BCUT2D eigenvalue weighted by molar-refractivity contribution is 0.451. The number of hydrogen-bond acceptors (Lipinski definition) is 3. The highest BCUT2D eigenvalue weighted by Gasteiger charge is 2.19. The van der Waals surface area contributed by atoms with E-state index in [-0.39, 0.29) is 6.04 Å². The van der Waals surface area contributed by atoms with E-state index in [1.54, 1.807) is 0 Å². The van der Waals surface area contributed by atoms with Crippen LogP contribution in [0.1, 0.15) is 24.7 Å². The van der Waals surface area contributed by atoms with Gasteiger partial charge in [-0.1, -0.05) is 12.1 Å². The van der Waals surface area contributed by atoms with E-state index < -0.39 is 0 Å². The lowest BCUT2D eigenvalue weighted by Gasteiger charge is -2.19. The summed E-state index contributed by atoms with van der Waals surface area (Å²) < 4.78 is 2.20. The third-order valence-corrected chi connectivity index (χ3v) is 3.73. The number of rotatable bonds is 2. The highest BCUT2D eigenvalue weighted by Crippen LogP contribution is 2.27. The summed E-state index contributed by atoms with van der Waals surface area (Å²) in [5.74, 6) is 1.03. The molecule has 1 aliphatic rings. The minimum atomic E-state index is 0.0866. The van der Waals surface area contributed by atoms with Gasteiger partial charge in [0.05, 0.1) is 11.7 Å². The molecule has 1 aliphatic heterocycles. The van der Waals surface area contributed by atoms with Crippen molar-refractivity contribution in [3.8, 4) is 11.3 Å². The number of benzene rings is 1. The fourth-order valence-electron chi connectivity index (χ4n) is 2.59. The SMILES string of the molecule is CN(C)c1ccc(-c2cn3c(n2)C(N)CCC3)cc1. The molecule has 0 saturated carbocycles. The maximum absolute atomic E-state index is 6.11. The summed E-state index contributed by atoms with van der Waals surface area (Å²) in [6, 6.07) is 8.56. The summed E-state index contributed by atoms with van der Waals surface area (Å²) in [6.07, 6.45) is 4.30. The van der Waals surface area contributed by atoms with E-state index in [1.165, 1.54) is 5.69 Å². The van der Waals surface area contributed by atoms with Crippen LogP contribution in [0, 0.1) is 0 Å². The van der Waals surface area contributed by atoms with Gasteiger partial charge >= 0.3 is 0 Å². The lowest BCUT2D eigenvalue weighted by Crippen LogP contribution is -2.21. The molecule has 2 N–H and O–H groups in total. The van der Waals surface area contributed by atoms with Crippen molar-refractivity contribution in [2.75, 3.05) is 19.0 Å². The summed E-state index contributed by atoms with van der Waals surface area (Å²) in [5.41, 5.74) is 9.49. The molecule has 19 heavy (non-hydrogen) atoms. The predicted octanol–water partition coefficient (Wildman–Crippen LogP) is 2.41. The van der Waals surface area contributed by atoms with Crippen LogP contribution in [0.2, 0.25) is 0 Å². The first-order valence-corrected chi connectivity index (χ1v) is 6.75. The maximum atomic E-state index is 6.11. The molecule has 1 atom stereocenters. The smallest absolute Gasteiger partial charge is 0.126 e. The van der Waals surface area contributed by atoms with Crippen molar-refractivity contribution in [1.29, 1.82) is 0 Å². The third-order valence-electron chi connectivity index (χ3n) is 3.73. The van der Waals surface area contributed by atoms with Crippen LogP contribution in [0.25, 0.3) is 11.3 Å². The van der Waals surface area contributed by atoms with Gasteiger partial charge in [0.15, 0.2) is 0 Å². The van der Waals surface area contributed by atoms with E-state index in [9.17, 15) is 0 Å². The standard InChI is InChI=1S/C15H20N4/c1-18(2)12-7-5-11(6-8-12)14-10-19-9-3-4-13(16)15(19)17-14/h5-8,10,13H,3-4,9,16H2,1-2H3. The zero-order chi connectivity index (χ0) is 13.4. The van der Waals surface area contributed by atoms with Gasteiger partial charge in [-0.3, -0.25) is 0 Å². The number of anilines is 1. The van der Waals surface area contributed by atoms with Crippen LogP contribution in [0.3, 0.4) is 0 Å². The monoisotopic (exact) mass is 256 g/mol. The average molecular weight is 256 g/mol. The van der Waals surface area contributed by atoms with E-state index in [0.717, 1.165) is 36.5 Å². The minimum Gasteiger partial charge on any atom is -0.378 e. The molecule has 0 fully saturated rings. The molecule has 2 heterocycles. The molecular formula is C15H20N4. The molecule has 3 rings (SSSR count). The Bertz CT molecular complexity index is 568. The Kier molecular flexibility index (Phi) is 3.03. The normalized spacial score (nSPS) is 18.2. The second kappa shape index (κ2) is 4.70. The van der Waals surface area contributed by atoms with Crippen molar-refractivity contribution in [2.45, 2.75) is 25.4 Å². The molecule has 1 aromatic heterocycles. The number of nitrogens with two attached hydrogens (primary N) is 1. The van der Waals surface area contributed by atoms with Crippen molar-refractivity contribution in [3.63, 3.8) is 0 Å².